The normalized spacial score (nSPS) is 12.1. The largest absolute Gasteiger partial charge is 0.321 e. The van der Waals surface area contributed by atoms with Gasteiger partial charge in [0.1, 0.15) is 6.54 Å². The molecule has 1 heteroatoms. The van der Waals surface area contributed by atoms with Crippen molar-refractivity contribution in [3.63, 3.8) is 0 Å². The standard InChI is InChI=1S/C17H30N/c1-6-18(7-2,8-3)14-17-12-10-9-11-16(17)13-15(4)5/h9-12,15H,6-8,13-14H2,1-5H3/q+1. The van der Waals surface area contributed by atoms with E-state index in [0.29, 0.717) is 0 Å². The Bertz CT molecular complexity index is 342. The third-order valence-corrected chi connectivity index (χ3v) is 4.26. The van der Waals surface area contributed by atoms with Crippen LogP contribution in [0.15, 0.2) is 24.3 Å². The van der Waals surface area contributed by atoms with Crippen molar-refractivity contribution >= 4 is 0 Å². The van der Waals surface area contributed by atoms with Crippen molar-refractivity contribution in [2.45, 2.75) is 47.6 Å². The van der Waals surface area contributed by atoms with E-state index in [-0.39, 0.29) is 0 Å². The minimum absolute atomic E-state index is 0.734. The lowest BCUT2D eigenvalue weighted by Gasteiger charge is -2.36. The van der Waals surface area contributed by atoms with Gasteiger partial charge in [0, 0.05) is 5.56 Å². The second-order valence-corrected chi connectivity index (χ2v) is 5.82. The Hall–Kier alpha value is -0.820. The zero-order valence-corrected chi connectivity index (χ0v) is 12.9. The second-order valence-electron chi connectivity index (χ2n) is 5.82. The van der Waals surface area contributed by atoms with Crippen molar-refractivity contribution in [1.82, 2.24) is 0 Å². The predicted molar refractivity (Wildman–Crippen MR) is 80.6 cm³/mol. The van der Waals surface area contributed by atoms with E-state index in [4.69, 9.17) is 0 Å². The van der Waals surface area contributed by atoms with Crippen molar-refractivity contribution < 1.29 is 4.48 Å². The molecule has 1 nitrogen and oxygen atoms in total. The molecule has 0 aliphatic heterocycles. The van der Waals surface area contributed by atoms with Gasteiger partial charge in [-0.3, -0.25) is 0 Å². The highest BCUT2D eigenvalue weighted by Gasteiger charge is 2.22. The summed E-state index contributed by atoms with van der Waals surface area (Å²) >= 11 is 0. The molecule has 0 unspecified atom stereocenters. The molecule has 0 heterocycles. The molecular weight excluding hydrogens is 218 g/mol. The molecule has 0 fully saturated rings. The van der Waals surface area contributed by atoms with Crippen LogP contribution < -0.4 is 0 Å². The van der Waals surface area contributed by atoms with E-state index in [1.807, 2.05) is 0 Å². The second kappa shape index (κ2) is 6.94. The van der Waals surface area contributed by atoms with Gasteiger partial charge in [0.25, 0.3) is 0 Å². The van der Waals surface area contributed by atoms with Gasteiger partial charge < -0.3 is 4.48 Å². The van der Waals surface area contributed by atoms with Crippen LogP contribution in [0.1, 0.15) is 45.7 Å². The molecule has 0 aromatic heterocycles. The van der Waals surface area contributed by atoms with Crippen LogP contribution in [-0.2, 0) is 13.0 Å². The SMILES string of the molecule is CC[N+](CC)(CC)Cc1ccccc1CC(C)C. The maximum Gasteiger partial charge on any atom is 0.105 e. The molecule has 0 saturated carbocycles. The Morgan fingerprint density at radius 1 is 0.889 bits per heavy atom. The molecule has 0 atom stereocenters. The molecule has 1 aromatic carbocycles. The Balaban J connectivity index is 2.95. The molecule has 0 aliphatic rings. The first-order valence-electron chi connectivity index (χ1n) is 7.48. The summed E-state index contributed by atoms with van der Waals surface area (Å²) < 4.78 is 1.20. The van der Waals surface area contributed by atoms with E-state index in [0.717, 1.165) is 5.92 Å². The topological polar surface area (TPSA) is 0 Å². The molecule has 0 saturated heterocycles. The van der Waals surface area contributed by atoms with Gasteiger partial charge in [-0.15, -0.1) is 0 Å². The first-order valence-corrected chi connectivity index (χ1v) is 7.48. The zero-order chi connectivity index (χ0) is 13.6. The number of quaternary nitrogens is 1. The first-order chi connectivity index (χ1) is 8.56. The fourth-order valence-electron chi connectivity index (χ4n) is 2.72. The molecule has 1 rings (SSSR count). The third kappa shape index (κ3) is 3.84. The molecule has 0 amide bonds. The van der Waals surface area contributed by atoms with Crippen molar-refractivity contribution in [3.05, 3.63) is 35.4 Å². The Morgan fingerprint density at radius 3 is 1.83 bits per heavy atom. The van der Waals surface area contributed by atoms with Crippen LogP contribution in [-0.4, -0.2) is 24.1 Å². The van der Waals surface area contributed by atoms with Crippen LogP contribution >= 0.6 is 0 Å². The summed E-state index contributed by atoms with van der Waals surface area (Å²) in [6, 6.07) is 9.01. The highest BCUT2D eigenvalue weighted by atomic mass is 15.3. The number of nitrogens with zero attached hydrogens (tertiary/aromatic N) is 1. The zero-order valence-electron chi connectivity index (χ0n) is 12.9. The lowest BCUT2D eigenvalue weighted by Crippen LogP contribution is -2.46. The molecule has 0 spiro atoms. The van der Waals surface area contributed by atoms with Crippen molar-refractivity contribution in [1.29, 1.82) is 0 Å². The van der Waals surface area contributed by atoms with Gasteiger partial charge in [0.15, 0.2) is 0 Å². The van der Waals surface area contributed by atoms with Gasteiger partial charge in [-0.1, -0.05) is 38.1 Å². The van der Waals surface area contributed by atoms with Crippen LogP contribution in [0, 0.1) is 5.92 Å². The fraction of sp³-hybridized carbons (Fsp3) is 0.647. The number of benzene rings is 1. The average Bonchev–Trinajstić information content (AvgIpc) is 2.37. The predicted octanol–water partition coefficient (Wildman–Crippen LogP) is 4.26. The molecular formula is C17H30N+. The van der Waals surface area contributed by atoms with Gasteiger partial charge >= 0.3 is 0 Å². The quantitative estimate of drug-likeness (QED) is 0.632. The third-order valence-electron chi connectivity index (χ3n) is 4.26. The van der Waals surface area contributed by atoms with E-state index < -0.39 is 0 Å². The average molecular weight is 248 g/mol. The molecule has 102 valence electrons. The molecule has 18 heavy (non-hydrogen) atoms. The van der Waals surface area contributed by atoms with E-state index >= 15 is 0 Å². The number of hydrogen-bond donors (Lipinski definition) is 0. The van der Waals surface area contributed by atoms with Crippen LogP contribution in [0.25, 0.3) is 0 Å². The summed E-state index contributed by atoms with van der Waals surface area (Å²) in [4.78, 5) is 0. The number of rotatable bonds is 7. The lowest BCUT2D eigenvalue weighted by molar-refractivity contribution is -0.936. The van der Waals surface area contributed by atoms with Gasteiger partial charge in [-0.25, -0.2) is 0 Å². The van der Waals surface area contributed by atoms with Gasteiger partial charge in [-0.2, -0.15) is 0 Å². The van der Waals surface area contributed by atoms with Gasteiger partial charge in [-0.05, 0) is 38.7 Å². The van der Waals surface area contributed by atoms with Crippen molar-refractivity contribution in [3.8, 4) is 0 Å². The maximum absolute atomic E-state index is 2.33. The number of hydrogen-bond acceptors (Lipinski definition) is 0. The molecule has 1 aromatic rings. The fourth-order valence-corrected chi connectivity index (χ4v) is 2.72. The van der Waals surface area contributed by atoms with E-state index in [1.165, 1.54) is 37.1 Å². The van der Waals surface area contributed by atoms with Crippen molar-refractivity contribution in [2.75, 3.05) is 19.6 Å². The molecule has 0 N–H and O–H groups in total. The first kappa shape index (κ1) is 15.2. The molecule has 0 aliphatic carbocycles. The van der Waals surface area contributed by atoms with Crippen LogP contribution in [0.2, 0.25) is 0 Å². The molecule has 0 radical (unpaired) electrons. The summed E-state index contributed by atoms with van der Waals surface area (Å²) in [5, 5.41) is 0. The summed E-state index contributed by atoms with van der Waals surface area (Å²) in [6.45, 7) is 16.4. The van der Waals surface area contributed by atoms with Gasteiger partial charge in [0.05, 0.1) is 19.6 Å². The maximum atomic E-state index is 2.33. The Labute approximate surface area is 113 Å². The molecule has 0 bridgehead atoms. The summed E-state index contributed by atoms with van der Waals surface area (Å²) in [6.07, 6.45) is 1.20. The monoisotopic (exact) mass is 248 g/mol. The Kier molecular flexibility index (Phi) is 5.87. The Morgan fingerprint density at radius 2 is 1.39 bits per heavy atom. The van der Waals surface area contributed by atoms with E-state index in [1.54, 1.807) is 11.1 Å². The van der Waals surface area contributed by atoms with E-state index in [9.17, 15) is 0 Å². The summed E-state index contributed by atoms with van der Waals surface area (Å²) in [7, 11) is 0. The highest BCUT2D eigenvalue weighted by molar-refractivity contribution is 5.26. The lowest BCUT2D eigenvalue weighted by atomic mass is 9.97. The van der Waals surface area contributed by atoms with Crippen LogP contribution in [0.5, 0.6) is 0 Å². The smallest absolute Gasteiger partial charge is 0.105 e. The van der Waals surface area contributed by atoms with Crippen LogP contribution in [0.3, 0.4) is 0 Å². The summed E-state index contributed by atoms with van der Waals surface area (Å²) in [5.74, 6) is 0.734. The highest BCUT2D eigenvalue weighted by Crippen LogP contribution is 2.20. The summed E-state index contributed by atoms with van der Waals surface area (Å²) in [5.41, 5.74) is 3.10. The van der Waals surface area contributed by atoms with E-state index in [2.05, 4.69) is 58.9 Å². The minimum Gasteiger partial charge on any atom is -0.321 e. The minimum atomic E-state index is 0.734. The van der Waals surface area contributed by atoms with Crippen molar-refractivity contribution in [2.24, 2.45) is 5.92 Å². The van der Waals surface area contributed by atoms with Crippen LogP contribution in [0.4, 0.5) is 0 Å². The van der Waals surface area contributed by atoms with Gasteiger partial charge in [0.2, 0.25) is 0 Å².